The lowest BCUT2D eigenvalue weighted by atomic mass is 10.2. The van der Waals surface area contributed by atoms with Gasteiger partial charge in [-0.05, 0) is 42.5 Å². The molecule has 0 aliphatic rings. The molecule has 24 heavy (non-hydrogen) atoms. The van der Waals surface area contributed by atoms with Gasteiger partial charge in [0.2, 0.25) is 11.8 Å². The largest absolute Gasteiger partial charge is 0.326 e. The lowest BCUT2D eigenvalue weighted by Crippen LogP contribution is -2.32. The fourth-order valence-electron chi connectivity index (χ4n) is 2.13. The number of hydrogen-bond acceptors (Lipinski definition) is 2. The number of anilines is 2. The van der Waals surface area contributed by atoms with Gasteiger partial charge in [-0.1, -0.05) is 23.2 Å². The van der Waals surface area contributed by atoms with Crippen LogP contribution < -0.4 is 10.2 Å². The minimum atomic E-state index is -0.381. The summed E-state index contributed by atoms with van der Waals surface area (Å²) in [4.78, 5) is 25.3. The minimum absolute atomic E-state index is 0.0705. The van der Waals surface area contributed by atoms with Gasteiger partial charge < -0.3 is 10.2 Å². The number of amides is 2. The van der Waals surface area contributed by atoms with Crippen LogP contribution in [0.1, 0.15) is 13.3 Å². The van der Waals surface area contributed by atoms with Gasteiger partial charge in [-0.25, -0.2) is 4.39 Å². The molecule has 0 aromatic heterocycles. The van der Waals surface area contributed by atoms with Gasteiger partial charge in [0, 0.05) is 41.3 Å². The lowest BCUT2D eigenvalue weighted by Gasteiger charge is -2.21. The van der Waals surface area contributed by atoms with Gasteiger partial charge in [-0.15, -0.1) is 0 Å². The molecular formula is C17H15Cl2FN2O2. The molecule has 0 aliphatic carbocycles. The van der Waals surface area contributed by atoms with Crippen molar-refractivity contribution < 1.29 is 14.0 Å². The van der Waals surface area contributed by atoms with Crippen molar-refractivity contribution in [2.24, 2.45) is 0 Å². The number of benzene rings is 2. The third kappa shape index (κ3) is 5.22. The monoisotopic (exact) mass is 368 g/mol. The van der Waals surface area contributed by atoms with Crippen LogP contribution in [0.2, 0.25) is 10.0 Å². The van der Waals surface area contributed by atoms with E-state index < -0.39 is 0 Å². The van der Waals surface area contributed by atoms with Gasteiger partial charge in [0.05, 0.1) is 0 Å². The van der Waals surface area contributed by atoms with Crippen molar-refractivity contribution in [3.8, 4) is 0 Å². The van der Waals surface area contributed by atoms with Crippen molar-refractivity contribution in [3.63, 3.8) is 0 Å². The maximum Gasteiger partial charge on any atom is 0.226 e. The average molecular weight is 369 g/mol. The topological polar surface area (TPSA) is 49.4 Å². The number of hydrogen-bond donors (Lipinski definition) is 1. The predicted octanol–water partition coefficient (Wildman–Crippen LogP) is 4.51. The molecule has 0 fully saturated rings. The van der Waals surface area contributed by atoms with E-state index in [-0.39, 0.29) is 30.6 Å². The molecule has 7 heteroatoms. The number of rotatable bonds is 5. The van der Waals surface area contributed by atoms with Gasteiger partial charge in [-0.3, -0.25) is 9.59 Å². The van der Waals surface area contributed by atoms with Gasteiger partial charge >= 0.3 is 0 Å². The highest BCUT2D eigenvalue weighted by Gasteiger charge is 2.15. The summed E-state index contributed by atoms with van der Waals surface area (Å²) in [5, 5.41) is 3.45. The summed E-state index contributed by atoms with van der Waals surface area (Å²) in [5.74, 6) is -0.905. The Bertz CT molecular complexity index is 731. The van der Waals surface area contributed by atoms with Crippen molar-refractivity contribution in [2.75, 3.05) is 16.8 Å². The Labute approximate surface area is 149 Å². The predicted molar refractivity (Wildman–Crippen MR) is 94.1 cm³/mol. The van der Waals surface area contributed by atoms with Gasteiger partial charge in [0.25, 0.3) is 0 Å². The van der Waals surface area contributed by atoms with E-state index in [1.165, 1.54) is 36.1 Å². The molecule has 2 rings (SSSR count). The van der Waals surface area contributed by atoms with Crippen LogP contribution in [0.5, 0.6) is 0 Å². The third-order valence-electron chi connectivity index (χ3n) is 3.23. The number of nitrogens with zero attached hydrogens (tertiary/aromatic N) is 1. The van der Waals surface area contributed by atoms with Gasteiger partial charge in [-0.2, -0.15) is 0 Å². The fourth-order valence-corrected chi connectivity index (χ4v) is 2.65. The number of halogens is 3. The van der Waals surface area contributed by atoms with Crippen LogP contribution in [0.3, 0.4) is 0 Å². The minimum Gasteiger partial charge on any atom is -0.326 e. The summed E-state index contributed by atoms with van der Waals surface area (Å²) >= 11 is 11.9. The summed E-state index contributed by atoms with van der Waals surface area (Å²) in [5.41, 5.74) is 1.01. The highest BCUT2D eigenvalue weighted by atomic mass is 35.5. The maximum absolute atomic E-state index is 12.8. The molecule has 0 atom stereocenters. The molecule has 0 saturated heterocycles. The Kier molecular flexibility index (Phi) is 6.17. The Morgan fingerprint density at radius 2 is 1.67 bits per heavy atom. The van der Waals surface area contributed by atoms with E-state index in [9.17, 15) is 14.0 Å². The van der Waals surface area contributed by atoms with Gasteiger partial charge in [0.15, 0.2) is 0 Å². The van der Waals surface area contributed by atoms with E-state index in [1.807, 2.05) is 0 Å². The van der Waals surface area contributed by atoms with Gasteiger partial charge in [0.1, 0.15) is 5.82 Å². The van der Waals surface area contributed by atoms with Crippen molar-refractivity contribution >= 4 is 46.4 Å². The molecule has 2 aromatic rings. The molecule has 0 radical (unpaired) electrons. The molecule has 0 saturated carbocycles. The molecule has 0 bridgehead atoms. The zero-order valence-electron chi connectivity index (χ0n) is 12.9. The van der Waals surface area contributed by atoms with Crippen LogP contribution in [0.4, 0.5) is 15.8 Å². The van der Waals surface area contributed by atoms with E-state index in [1.54, 1.807) is 18.2 Å². The van der Waals surface area contributed by atoms with E-state index >= 15 is 0 Å². The molecule has 0 spiro atoms. The van der Waals surface area contributed by atoms with E-state index in [2.05, 4.69) is 5.32 Å². The molecular weight excluding hydrogens is 354 g/mol. The van der Waals surface area contributed by atoms with Crippen LogP contribution in [0.15, 0.2) is 42.5 Å². The Morgan fingerprint density at radius 3 is 2.21 bits per heavy atom. The summed E-state index contributed by atoms with van der Waals surface area (Å²) in [6, 6.07) is 10.2. The SMILES string of the molecule is CC(=O)N(CCC(=O)Nc1ccc(F)cc1)c1cc(Cl)cc(Cl)c1. The van der Waals surface area contributed by atoms with Crippen molar-refractivity contribution in [3.05, 3.63) is 58.3 Å². The van der Waals surface area contributed by atoms with Crippen LogP contribution in [0.25, 0.3) is 0 Å². The lowest BCUT2D eigenvalue weighted by molar-refractivity contribution is -0.117. The van der Waals surface area contributed by atoms with Crippen molar-refractivity contribution in [1.82, 2.24) is 0 Å². The first-order valence-electron chi connectivity index (χ1n) is 7.15. The second-order valence-corrected chi connectivity index (χ2v) is 5.98. The standard InChI is InChI=1S/C17H15Cl2FN2O2/c1-11(23)22(16-9-12(18)8-13(19)10-16)7-6-17(24)21-15-4-2-14(20)3-5-15/h2-5,8-10H,6-7H2,1H3,(H,21,24). The van der Waals surface area contributed by atoms with Crippen molar-refractivity contribution in [2.45, 2.75) is 13.3 Å². The Morgan fingerprint density at radius 1 is 1.08 bits per heavy atom. The molecule has 1 N–H and O–H groups in total. The molecule has 0 aliphatic heterocycles. The zero-order valence-corrected chi connectivity index (χ0v) is 14.4. The molecule has 0 unspecified atom stereocenters. The van der Waals surface area contributed by atoms with Crippen molar-refractivity contribution in [1.29, 1.82) is 0 Å². The Balaban J connectivity index is 2.02. The normalized spacial score (nSPS) is 10.3. The summed E-state index contributed by atoms with van der Waals surface area (Å²) in [7, 11) is 0. The van der Waals surface area contributed by atoms with E-state index in [0.717, 1.165) is 0 Å². The smallest absolute Gasteiger partial charge is 0.226 e. The second kappa shape index (κ2) is 8.13. The summed E-state index contributed by atoms with van der Waals surface area (Å²) in [6.45, 7) is 1.56. The molecule has 4 nitrogen and oxygen atoms in total. The second-order valence-electron chi connectivity index (χ2n) is 5.10. The molecule has 2 aromatic carbocycles. The molecule has 2 amide bonds. The van der Waals surface area contributed by atoms with E-state index in [0.29, 0.717) is 21.4 Å². The highest BCUT2D eigenvalue weighted by molar-refractivity contribution is 6.35. The van der Waals surface area contributed by atoms with Crippen LogP contribution in [-0.2, 0) is 9.59 Å². The highest BCUT2D eigenvalue weighted by Crippen LogP contribution is 2.25. The summed E-state index contributed by atoms with van der Waals surface area (Å²) in [6.07, 6.45) is 0.0705. The average Bonchev–Trinajstić information content (AvgIpc) is 2.48. The quantitative estimate of drug-likeness (QED) is 0.843. The van der Waals surface area contributed by atoms with Crippen LogP contribution in [-0.4, -0.2) is 18.4 Å². The maximum atomic E-state index is 12.8. The number of carbonyl (C=O) groups is 2. The molecule has 0 heterocycles. The molecule has 126 valence electrons. The zero-order chi connectivity index (χ0) is 17.7. The number of nitrogens with one attached hydrogen (secondary N) is 1. The fraction of sp³-hybridized carbons (Fsp3) is 0.176. The third-order valence-corrected chi connectivity index (χ3v) is 3.67. The Hall–Kier alpha value is -2.11. The first kappa shape index (κ1) is 18.2. The van der Waals surface area contributed by atoms with Crippen LogP contribution >= 0.6 is 23.2 Å². The first-order chi connectivity index (χ1) is 11.3. The number of carbonyl (C=O) groups excluding carboxylic acids is 2. The summed E-state index contributed by atoms with van der Waals surface area (Å²) < 4.78 is 12.8. The van der Waals surface area contributed by atoms with Crippen LogP contribution in [0, 0.1) is 5.82 Å². The first-order valence-corrected chi connectivity index (χ1v) is 7.90. The van der Waals surface area contributed by atoms with E-state index in [4.69, 9.17) is 23.2 Å².